The summed E-state index contributed by atoms with van der Waals surface area (Å²) in [6.07, 6.45) is 0. The maximum Gasteiger partial charge on any atom is 0.313 e. The minimum atomic E-state index is -3.04. The number of aliphatic carboxylic acids is 1. The molecule has 0 saturated carbocycles. The van der Waals surface area contributed by atoms with Crippen LogP contribution in [0.25, 0.3) is 0 Å². The van der Waals surface area contributed by atoms with Crippen molar-refractivity contribution in [3.63, 3.8) is 0 Å². The van der Waals surface area contributed by atoms with Crippen LogP contribution in [-0.2, 0) is 16.1 Å². The fourth-order valence-corrected chi connectivity index (χ4v) is 1.53. The lowest BCUT2D eigenvalue weighted by Gasteiger charge is -2.25. The van der Waals surface area contributed by atoms with Gasteiger partial charge >= 0.3 is 5.97 Å². The largest absolute Gasteiger partial charge is 0.481 e. The van der Waals surface area contributed by atoms with E-state index in [1.54, 1.807) is 6.07 Å². The third-order valence-electron chi connectivity index (χ3n) is 2.61. The van der Waals surface area contributed by atoms with Crippen LogP contribution in [0.1, 0.15) is 31.9 Å². The number of rotatable bonds is 3. The molecule has 0 aliphatic carbocycles. The first-order valence-corrected chi connectivity index (χ1v) is 4.88. The van der Waals surface area contributed by atoms with E-state index in [0.717, 1.165) is 6.92 Å². The third-order valence-corrected chi connectivity index (χ3v) is 2.61. The number of benzene rings is 1. The number of alkyl halides is 2. The van der Waals surface area contributed by atoms with Crippen molar-refractivity contribution in [3.05, 3.63) is 35.4 Å². The van der Waals surface area contributed by atoms with Gasteiger partial charge in [-0.1, -0.05) is 24.3 Å². The summed E-state index contributed by atoms with van der Waals surface area (Å²) in [5.41, 5.74) is -1.41. The zero-order valence-corrected chi connectivity index (χ0v) is 9.42. The summed E-state index contributed by atoms with van der Waals surface area (Å²) < 4.78 is 26.6. The van der Waals surface area contributed by atoms with Crippen molar-refractivity contribution >= 4 is 5.97 Å². The monoisotopic (exact) mass is 228 g/mol. The Labute approximate surface area is 92.9 Å². The molecule has 0 bridgehead atoms. The van der Waals surface area contributed by atoms with Gasteiger partial charge in [0.15, 0.2) is 0 Å². The summed E-state index contributed by atoms with van der Waals surface area (Å²) >= 11 is 0. The second-order valence-electron chi connectivity index (χ2n) is 4.36. The van der Waals surface area contributed by atoms with E-state index in [4.69, 9.17) is 5.11 Å². The average molecular weight is 228 g/mol. The number of carbonyl (C=O) groups is 1. The molecule has 1 rings (SSSR count). The quantitative estimate of drug-likeness (QED) is 0.862. The Morgan fingerprint density at radius 2 is 1.56 bits per heavy atom. The molecule has 0 saturated heterocycles. The zero-order chi connectivity index (χ0) is 12.6. The summed E-state index contributed by atoms with van der Waals surface area (Å²) in [5.74, 6) is -4.16. The minimum Gasteiger partial charge on any atom is -0.481 e. The van der Waals surface area contributed by atoms with Gasteiger partial charge in [0, 0.05) is 12.5 Å². The minimum absolute atomic E-state index is 0.148. The van der Waals surface area contributed by atoms with Crippen molar-refractivity contribution in [3.8, 4) is 0 Å². The summed E-state index contributed by atoms with van der Waals surface area (Å²) in [4.78, 5) is 11.1. The summed E-state index contributed by atoms with van der Waals surface area (Å²) in [6.45, 7) is 3.60. The molecule has 0 amide bonds. The SMILES string of the molecule is CC(F)(F)c1ccccc1C(C)(C)C(=O)O. The number of hydrogen-bond donors (Lipinski definition) is 1. The topological polar surface area (TPSA) is 37.3 Å². The Hall–Kier alpha value is -1.45. The molecule has 0 aliphatic heterocycles. The van der Waals surface area contributed by atoms with E-state index < -0.39 is 17.3 Å². The second-order valence-corrected chi connectivity index (χ2v) is 4.36. The molecule has 4 heteroatoms. The van der Waals surface area contributed by atoms with E-state index in [-0.39, 0.29) is 11.1 Å². The Balaban J connectivity index is 3.41. The van der Waals surface area contributed by atoms with Gasteiger partial charge in [-0.3, -0.25) is 4.79 Å². The smallest absolute Gasteiger partial charge is 0.313 e. The molecule has 88 valence electrons. The van der Waals surface area contributed by atoms with Gasteiger partial charge in [-0.15, -0.1) is 0 Å². The Morgan fingerprint density at radius 1 is 1.12 bits per heavy atom. The molecular formula is C12H14F2O2. The molecular weight excluding hydrogens is 214 g/mol. The lowest BCUT2D eigenvalue weighted by Crippen LogP contribution is -2.31. The van der Waals surface area contributed by atoms with Gasteiger partial charge in [0.1, 0.15) is 0 Å². The van der Waals surface area contributed by atoms with Gasteiger partial charge in [0.25, 0.3) is 5.92 Å². The van der Waals surface area contributed by atoms with Crippen LogP contribution in [0.2, 0.25) is 0 Å². The van der Waals surface area contributed by atoms with E-state index in [0.29, 0.717) is 0 Å². The molecule has 0 fully saturated rings. The average Bonchev–Trinajstić information content (AvgIpc) is 2.16. The number of carboxylic acids is 1. The highest BCUT2D eigenvalue weighted by molar-refractivity contribution is 5.80. The van der Waals surface area contributed by atoms with Crippen LogP contribution in [0.5, 0.6) is 0 Å². The first-order valence-electron chi connectivity index (χ1n) is 4.88. The molecule has 1 aromatic carbocycles. The van der Waals surface area contributed by atoms with E-state index in [2.05, 4.69) is 0 Å². The van der Waals surface area contributed by atoms with Gasteiger partial charge in [-0.05, 0) is 19.4 Å². The van der Waals surface area contributed by atoms with E-state index in [1.807, 2.05) is 0 Å². The third kappa shape index (κ3) is 2.21. The highest BCUT2D eigenvalue weighted by Gasteiger charge is 2.37. The van der Waals surface area contributed by atoms with Crippen molar-refractivity contribution in [1.29, 1.82) is 0 Å². The van der Waals surface area contributed by atoms with Crippen molar-refractivity contribution in [2.75, 3.05) is 0 Å². The molecule has 0 spiro atoms. The summed E-state index contributed by atoms with van der Waals surface area (Å²) in [6, 6.07) is 5.74. The van der Waals surface area contributed by atoms with E-state index in [9.17, 15) is 13.6 Å². The van der Waals surface area contributed by atoms with Crippen LogP contribution in [0.4, 0.5) is 8.78 Å². The second kappa shape index (κ2) is 3.85. The molecule has 1 aromatic rings. The van der Waals surface area contributed by atoms with Gasteiger partial charge in [-0.2, -0.15) is 0 Å². The molecule has 0 heterocycles. The molecule has 0 unspecified atom stereocenters. The number of carboxylic acid groups (broad SMARTS) is 1. The van der Waals surface area contributed by atoms with Gasteiger partial charge in [-0.25, -0.2) is 8.78 Å². The fourth-order valence-electron chi connectivity index (χ4n) is 1.53. The van der Waals surface area contributed by atoms with Gasteiger partial charge < -0.3 is 5.11 Å². The molecule has 16 heavy (non-hydrogen) atoms. The van der Waals surface area contributed by atoms with Crippen LogP contribution in [0.3, 0.4) is 0 Å². The predicted molar refractivity (Wildman–Crippen MR) is 56.7 cm³/mol. The van der Waals surface area contributed by atoms with Crippen molar-refractivity contribution in [1.82, 2.24) is 0 Å². The Bertz CT molecular complexity index is 406. The standard InChI is InChI=1S/C12H14F2O2/c1-11(2,10(15)16)8-6-4-5-7-9(8)12(3,13)14/h4-7H,1-3H3,(H,15,16). The van der Waals surface area contributed by atoms with Crippen LogP contribution in [-0.4, -0.2) is 11.1 Å². The van der Waals surface area contributed by atoms with Crippen molar-refractivity contribution in [2.24, 2.45) is 0 Å². The van der Waals surface area contributed by atoms with E-state index in [1.165, 1.54) is 32.0 Å². The summed E-state index contributed by atoms with van der Waals surface area (Å²) in [5, 5.41) is 9.04. The first kappa shape index (κ1) is 12.6. The molecule has 2 nitrogen and oxygen atoms in total. The van der Waals surface area contributed by atoms with Gasteiger partial charge in [0.05, 0.1) is 5.41 Å². The lowest BCUT2D eigenvalue weighted by atomic mass is 9.80. The molecule has 0 aromatic heterocycles. The van der Waals surface area contributed by atoms with Crippen molar-refractivity contribution < 1.29 is 18.7 Å². The fraction of sp³-hybridized carbons (Fsp3) is 0.417. The van der Waals surface area contributed by atoms with Crippen molar-refractivity contribution in [2.45, 2.75) is 32.1 Å². The lowest BCUT2D eigenvalue weighted by molar-refractivity contribution is -0.142. The number of halogens is 2. The number of hydrogen-bond acceptors (Lipinski definition) is 1. The normalized spacial score (nSPS) is 12.6. The Kier molecular flexibility index (Phi) is 3.03. The Morgan fingerprint density at radius 3 is 1.94 bits per heavy atom. The molecule has 1 N–H and O–H groups in total. The highest BCUT2D eigenvalue weighted by Crippen LogP contribution is 2.36. The van der Waals surface area contributed by atoms with Crippen LogP contribution >= 0.6 is 0 Å². The van der Waals surface area contributed by atoms with E-state index >= 15 is 0 Å². The summed E-state index contributed by atoms with van der Waals surface area (Å²) in [7, 11) is 0. The van der Waals surface area contributed by atoms with Crippen LogP contribution in [0.15, 0.2) is 24.3 Å². The van der Waals surface area contributed by atoms with Crippen LogP contribution < -0.4 is 0 Å². The zero-order valence-electron chi connectivity index (χ0n) is 9.42. The van der Waals surface area contributed by atoms with Crippen LogP contribution in [0, 0.1) is 0 Å². The first-order chi connectivity index (χ1) is 7.17. The maximum absolute atomic E-state index is 13.3. The maximum atomic E-state index is 13.3. The molecule has 0 atom stereocenters. The molecule has 0 aliphatic rings. The highest BCUT2D eigenvalue weighted by atomic mass is 19.3. The molecule has 0 radical (unpaired) electrons. The van der Waals surface area contributed by atoms with Gasteiger partial charge in [0.2, 0.25) is 0 Å². The predicted octanol–water partition coefficient (Wildman–Crippen LogP) is 3.16.